The molecule has 0 aromatic heterocycles. The monoisotopic (exact) mass is 282 g/mol. The molecule has 0 aromatic rings. The molecule has 2 heteroatoms. The lowest BCUT2D eigenvalue weighted by atomic mass is 10.0. The fourth-order valence-electron chi connectivity index (χ4n) is 2.46. The van der Waals surface area contributed by atoms with E-state index in [1.54, 1.807) is 6.08 Å². The topological polar surface area (TPSA) is 37.3 Å². The van der Waals surface area contributed by atoms with E-state index >= 15 is 0 Å². The second kappa shape index (κ2) is 16.4. The van der Waals surface area contributed by atoms with Crippen LogP contribution in [-0.2, 0) is 4.79 Å². The SMILES string of the molecule is CCCCCCCCCCCCCCC(O)C=CC=O. The summed E-state index contributed by atoms with van der Waals surface area (Å²) in [7, 11) is 0. The Morgan fingerprint density at radius 1 is 0.800 bits per heavy atom. The number of hydrogen-bond acceptors (Lipinski definition) is 2. The number of hydrogen-bond donors (Lipinski definition) is 1. The summed E-state index contributed by atoms with van der Waals surface area (Å²) in [5, 5.41) is 9.50. The van der Waals surface area contributed by atoms with Gasteiger partial charge in [-0.05, 0) is 12.5 Å². The molecular formula is C18H34O2. The van der Waals surface area contributed by atoms with E-state index in [9.17, 15) is 9.90 Å². The van der Waals surface area contributed by atoms with Gasteiger partial charge in [0.05, 0.1) is 6.10 Å². The Labute approximate surface area is 125 Å². The summed E-state index contributed by atoms with van der Waals surface area (Å²) in [4.78, 5) is 10.1. The summed E-state index contributed by atoms with van der Waals surface area (Å²) in [6.45, 7) is 2.26. The smallest absolute Gasteiger partial charge is 0.142 e. The minimum atomic E-state index is -0.441. The predicted molar refractivity (Wildman–Crippen MR) is 86.9 cm³/mol. The molecule has 0 rings (SSSR count). The van der Waals surface area contributed by atoms with Crippen molar-refractivity contribution < 1.29 is 9.90 Å². The summed E-state index contributed by atoms with van der Waals surface area (Å²) < 4.78 is 0. The summed E-state index contributed by atoms with van der Waals surface area (Å²) in [5.41, 5.74) is 0. The Balaban J connectivity index is 3.09. The lowest BCUT2D eigenvalue weighted by Gasteiger charge is -2.05. The van der Waals surface area contributed by atoms with Crippen molar-refractivity contribution in [1.82, 2.24) is 0 Å². The van der Waals surface area contributed by atoms with Gasteiger partial charge in [0.2, 0.25) is 0 Å². The van der Waals surface area contributed by atoms with Crippen LogP contribution in [0, 0.1) is 0 Å². The first-order chi connectivity index (χ1) is 9.81. The molecule has 0 heterocycles. The molecule has 0 saturated heterocycles. The molecule has 118 valence electrons. The van der Waals surface area contributed by atoms with Crippen molar-refractivity contribution in [3.63, 3.8) is 0 Å². The summed E-state index contributed by atoms with van der Waals surface area (Å²) in [5.74, 6) is 0. The molecule has 0 saturated carbocycles. The molecule has 1 N–H and O–H groups in total. The van der Waals surface area contributed by atoms with E-state index in [0.29, 0.717) is 6.29 Å². The number of rotatable bonds is 15. The second-order valence-corrected chi connectivity index (χ2v) is 5.77. The highest BCUT2D eigenvalue weighted by atomic mass is 16.3. The molecule has 20 heavy (non-hydrogen) atoms. The third kappa shape index (κ3) is 15.4. The highest BCUT2D eigenvalue weighted by Gasteiger charge is 1.98. The van der Waals surface area contributed by atoms with Gasteiger partial charge in [0.15, 0.2) is 0 Å². The highest BCUT2D eigenvalue weighted by molar-refractivity contribution is 5.64. The minimum Gasteiger partial charge on any atom is -0.389 e. The zero-order chi connectivity index (χ0) is 14.9. The maximum atomic E-state index is 10.1. The van der Waals surface area contributed by atoms with Crippen LogP contribution in [0.5, 0.6) is 0 Å². The third-order valence-corrected chi connectivity index (χ3v) is 3.77. The van der Waals surface area contributed by atoms with Gasteiger partial charge < -0.3 is 5.11 Å². The van der Waals surface area contributed by atoms with E-state index in [4.69, 9.17) is 0 Å². The maximum absolute atomic E-state index is 10.1. The van der Waals surface area contributed by atoms with Gasteiger partial charge in [0.25, 0.3) is 0 Å². The first-order valence-corrected chi connectivity index (χ1v) is 8.61. The molecule has 0 aliphatic heterocycles. The first kappa shape index (κ1) is 19.4. The molecule has 0 aliphatic carbocycles. The lowest BCUT2D eigenvalue weighted by Crippen LogP contribution is -2.01. The van der Waals surface area contributed by atoms with Crippen molar-refractivity contribution in [2.24, 2.45) is 0 Å². The van der Waals surface area contributed by atoms with Crippen LogP contribution < -0.4 is 0 Å². The van der Waals surface area contributed by atoms with E-state index in [-0.39, 0.29) is 0 Å². The first-order valence-electron chi connectivity index (χ1n) is 8.61. The zero-order valence-corrected chi connectivity index (χ0v) is 13.4. The summed E-state index contributed by atoms with van der Waals surface area (Å²) in [6.07, 6.45) is 20.0. The molecule has 0 radical (unpaired) electrons. The van der Waals surface area contributed by atoms with Gasteiger partial charge in [-0.1, -0.05) is 90.0 Å². The van der Waals surface area contributed by atoms with Crippen molar-refractivity contribution in [1.29, 1.82) is 0 Å². The van der Waals surface area contributed by atoms with Gasteiger partial charge in [-0.15, -0.1) is 0 Å². The Bertz CT molecular complexity index is 223. The van der Waals surface area contributed by atoms with Crippen molar-refractivity contribution in [3.8, 4) is 0 Å². The molecule has 0 spiro atoms. The average Bonchev–Trinajstić information content (AvgIpc) is 2.46. The summed E-state index contributed by atoms with van der Waals surface area (Å²) in [6, 6.07) is 0. The van der Waals surface area contributed by atoms with Crippen LogP contribution in [0.15, 0.2) is 12.2 Å². The molecule has 1 unspecified atom stereocenters. The van der Waals surface area contributed by atoms with Gasteiger partial charge in [-0.2, -0.15) is 0 Å². The standard InChI is InChI=1S/C18H34O2/c1-2-3-4-5-6-7-8-9-10-11-12-13-15-18(20)16-14-17-19/h14,16-18,20H,2-13,15H2,1H3. The maximum Gasteiger partial charge on any atom is 0.142 e. The molecule has 1 atom stereocenters. The molecule has 0 fully saturated rings. The molecule has 0 aliphatic rings. The van der Waals surface area contributed by atoms with Crippen molar-refractivity contribution >= 4 is 6.29 Å². The number of carbonyl (C=O) groups excluding carboxylic acids is 1. The van der Waals surface area contributed by atoms with Crippen LogP contribution in [0.25, 0.3) is 0 Å². The predicted octanol–water partition coefficient (Wildman–Crippen LogP) is 5.19. The van der Waals surface area contributed by atoms with E-state index in [1.807, 2.05) is 0 Å². The van der Waals surface area contributed by atoms with Crippen LogP contribution in [0.4, 0.5) is 0 Å². The average molecular weight is 282 g/mol. The fraction of sp³-hybridized carbons (Fsp3) is 0.833. The van der Waals surface area contributed by atoms with Gasteiger partial charge in [0, 0.05) is 0 Å². The number of allylic oxidation sites excluding steroid dienone is 1. The second-order valence-electron chi connectivity index (χ2n) is 5.77. The van der Waals surface area contributed by atoms with Gasteiger partial charge in [-0.25, -0.2) is 0 Å². The Morgan fingerprint density at radius 3 is 1.70 bits per heavy atom. The molecule has 0 bridgehead atoms. The number of aldehydes is 1. The van der Waals surface area contributed by atoms with E-state index in [2.05, 4.69) is 6.92 Å². The van der Waals surface area contributed by atoms with Gasteiger partial charge >= 0.3 is 0 Å². The van der Waals surface area contributed by atoms with Crippen LogP contribution in [0.1, 0.15) is 90.4 Å². The van der Waals surface area contributed by atoms with E-state index in [0.717, 1.165) is 12.8 Å². The minimum absolute atomic E-state index is 0.441. The largest absolute Gasteiger partial charge is 0.389 e. The molecule has 2 nitrogen and oxygen atoms in total. The van der Waals surface area contributed by atoms with Crippen molar-refractivity contribution in [2.45, 2.75) is 96.5 Å². The van der Waals surface area contributed by atoms with Crippen LogP contribution >= 0.6 is 0 Å². The van der Waals surface area contributed by atoms with E-state index < -0.39 is 6.10 Å². The van der Waals surface area contributed by atoms with Crippen LogP contribution in [0.2, 0.25) is 0 Å². The summed E-state index contributed by atoms with van der Waals surface area (Å²) >= 11 is 0. The number of carbonyl (C=O) groups is 1. The van der Waals surface area contributed by atoms with Crippen LogP contribution in [0.3, 0.4) is 0 Å². The lowest BCUT2D eigenvalue weighted by molar-refractivity contribution is -0.104. The normalized spacial score (nSPS) is 12.9. The van der Waals surface area contributed by atoms with E-state index in [1.165, 1.54) is 76.7 Å². The molecule has 0 aromatic carbocycles. The molecule has 0 amide bonds. The Kier molecular flexibility index (Phi) is 15.9. The van der Waals surface area contributed by atoms with Crippen molar-refractivity contribution in [3.05, 3.63) is 12.2 Å². The fourth-order valence-corrected chi connectivity index (χ4v) is 2.46. The quantitative estimate of drug-likeness (QED) is 0.255. The third-order valence-electron chi connectivity index (χ3n) is 3.77. The Hall–Kier alpha value is -0.630. The zero-order valence-electron chi connectivity index (χ0n) is 13.4. The van der Waals surface area contributed by atoms with Gasteiger partial charge in [0.1, 0.15) is 6.29 Å². The number of unbranched alkanes of at least 4 members (excludes halogenated alkanes) is 11. The van der Waals surface area contributed by atoms with Crippen molar-refractivity contribution in [2.75, 3.05) is 0 Å². The molecular weight excluding hydrogens is 248 g/mol. The van der Waals surface area contributed by atoms with Crippen LogP contribution in [-0.4, -0.2) is 17.5 Å². The van der Waals surface area contributed by atoms with Gasteiger partial charge in [-0.3, -0.25) is 4.79 Å². The number of aliphatic hydroxyl groups excluding tert-OH is 1. The number of aliphatic hydroxyl groups is 1. The Morgan fingerprint density at radius 2 is 1.25 bits per heavy atom. The highest BCUT2D eigenvalue weighted by Crippen LogP contribution is 2.13.